The molecule has 3 nitrogen and oxygen atoms in total. The number of halogens is 1. The van der Waals surface area contributed by atoms with Gasteiger partial charge in [0.2, 0.25) is 0 Å². The molecule has 0 radical (unpaired) electrons. The van der Waals surface area contributed by atoms with Crippen LogP contribution in [0, 0.1) is 26.7 Å². The molecular formula is C23H25BrO3S. The van der Waals surface area contributed by atoms with Crippen molar-refractivity contribution in [2.45, 2.75) is 45.1 Å². The number of ether oxygens (including phenoxy) is 1. The van der Waals surface area contributed by atoms with Crippen LogP contribution in [0.4, 0.5) is 0 Å². The van der Waals surface area contributed by atoms with E-state index in [9.17, 15) is 9.90 Å². The zero-order chi connectivity index (χ0) is 20.4. The fraction of sp³-hybridized carbons (Fsp3) is 0.348. The molecule has 1 heterocycles. The molecule has 2 unspecified atom stereocenters. The van der Waals surface area contributed by atoms with Crippen molar-refractivity contribution in [3.8, 4) is 0 Å². The molecule has 148 valence electrons. The van der Waals surface area contributed by atoms with E-state index in [2.05, 4.69) is 54.0 Å². The predicted molar refractivity (Wildman–Crippen MR) is 119 cm³/mol. The zero-order valence-corrected chi connectivity index (χ0v) is 19.0. The number of hydrogen-bond acceptors (Lipinski definition) is 4. The summed E-state index contributed by atoms with van der Waals surface area (Å²) in [7, 11) is 0. The molecule has 0 amide bonds. The molecule has 0 aromatic heterocycles. The summed E-state index contributed by atoms with van der Waals surface area (Å²) < 4.78 is 6.54. The number of esters is 1. The summed E-state index contributed by atoms with van der Waals surface area (Å²) in [5.41, 5.74) is 4.26. The molecule has 3 rings (SSSR count). The van der Waals surface area contributed by atoms with Gasteiger partial charge in [-0.1, -0.05) is 46.6 Å². The van der Waals surface area contributed by atoms with Crippen LogP contribution in [-0.2, 0) is 9.53 Å². The van der Waals surface area contributed by atoms with E-state index in [0.29, 0.717) is 12.0 Å². The number of cyclic esters (lactones) is 1. The Morgan fingerprint density at radius 3 is 2.46 bits per heavy atom. The summed E-state index contributed by atoms with van der Waals surface area (Å²) in [6.45, 7) is 8.07. The first kappa shape index (κ1) is 21.0. The average molecular weight is 461 g/mol. The number of thioether (sulfide) groups is 1. The quantitative estimate of drug-likeness (QED) is 0.414. The Morgan fingerprint density at radius 2 is 1.86 bits per heavy atom. The van der Waals surface area contributed by atoms with E-state index in [1.165, 1.54) is 10.5 Å². The maximum absolute atomic E-state index is 12.8. The summed E-state index contributed by atoms with van der Waals surface area (Å²) in [6.07, 6.45) is 0.0231. The zero-order valence-electron chi connectivity index (χ0n) is 16.6. The van der Waals surface area contributed by atoms with E-state index >= 15 is 0 Å². The largest absolute Gasteiger partial charge is 0.511 e. The van der Waals surface area contributed by atoms with Crippen LogP contribution in [-0.4, -0.2) is 22.9 Å². The second-order valence-electron chi connectivity index (χ2n) is 7.51. The van der Waals surface area contributed by atoms with E-state index in [4.69, 9.17) is 4.74 Å². The minimum Gasteiger partial charge on any atom is -0.511 e. The van der Waals surface area contributed by atoms with E-state index in [-0.39, 0.29) is 23.4 Å². The first-order valence-corrected chi connectivity index (χ1v) is 11.1. The van der Waals surface area contributed by atoms with Crippen molar-refractivity contribution in [3.05, 3.63) is 68.9 Å². The highest BCUT2D eigenvalue weighted by molar-refractivity contribution is 9.10. The Bertz CT molecular complexity index is 895. The standard InChI is InChI=1S/C23H25BrO3S/c1-13-5-7-17(8-6-13)28-12-16(4)20-11-19(25)22(23(26)27-20)21-15(3)9-14(2)10-18(21)24/h5-10,16,20,25H,11-12H2,1-4H3. The third-order valence-corrected chi connectivity index (χ3v) is 6.92. The van der Waals surface area contributed by atoms with Crippen molar-refractivity contribution in [2.75, 3.05) is 5.75 Å². The minimum absolute atomic E-state index is 0.112. The van der Waals surface area contributed by atoms with Gasteiger partial charge in [-0.05, 0) is 50.1 Å². The van der Waals surface area contributed by atoms with Gasteiger partial charge in [0, 0.05) is 33.0 Å². The van der Waals surface area contributed by atoms with Gasteiger partial charge in [-0.3, -0.25) is 0 Å². The third kappa shape index (κ3) is 4.64. The number of aryl methyl sites for hydroxylation is 3. The van der Waals surface area contributed by atoms with Crippen molar-refractivity contribution in [2.24, 2.45) is 5.92 Å². The molecule has 1 N–H and O–H groups in total. The van der Waals surface area contributed by atoms with Gasteiger partial charge in [-0.15, -0.1) is 11.8 Å². The average Bonchev–Trinajstić information content (AvgIpc) is 2.62. The molecule has 1 aliphatic heterocycles. The molecular weight excluding hydrogens is 436 g/mol. The lowest BCUT2D eigenvalue weighted by Gasteiger charge is -2.29. The van der Waals surface area contributed by atoms with Crippen molar-refractivity contribution >= 4 is 39.2 Å². The first-order valence-electron chi connectivity index (χ1n) is 9.36. The van der Waals surface area contributed by atoms with Crippen LogP contribution < -0.4 is 0 Å². The Labute approximate surface area is 179 Å². The van der Waals surface area contributed by atoms with Gasteiger partial charge in [0.25, 0.3) is 0 Å². The van der Waals surface area contributed by atoms with Crippen LogP contribution in [0.15, 0.2) is 51.5 Å². The Morgan fingerprint density at radius 1 is 1.18 bits per heavy atom. The minimum atomic E-state index is -0.450. The highest BCUT2D eigenvalue weighted by atomic mass is 79.9. The molecule has 0 fully saturated rings. The van der Waals surface area contributed by atoms with Crippen molar-refractivity contribution in [3.63, 3.8) is 0 Å². The molecule has 0 bridgehead atoms. The van der Waals surface area contributed by atoms with Crippen LogP contribution in [0.3, 0.4) is 0 Å². The van der Waals surface area contributed by atoms with Gasteiger partial charge in [-0.25, -0.2) is 4.79 Å². The number of carbonyl (C=O) groups excluding carboxylic acids is 1. The number of aliphatic hydroxyl groups is 1. The fourth-order valence-corrected chi connectivity index (χ4v) is 5.28. The third-order valence-electron chi connectivity index (χ3n) is 5.00. The van der Waals surface area contributed by atoms with E-state index in [1.54, 1.807) is 11.8 Å². The van der Waals surface area contributed by atoms with E-state index < -0.39 is 5.97 Å². The summed E-state index contributed by atoms with van der Waals surface area (Å²) in [6, 6.07) is 12.3. The second kappa shape index (κ2) is 8.75. The topological polar surface area (TPSA) is 46.5 Å². The second-order valence-corrected chi connectivity index (χ2v) is 9.46. The molecule has 2 aromatic carbocycles. The normalized spacial score (nSPS) is 18.2. The highest BCUT2D eigenvalue weighted by Crippen LogP contribution is 2.37. The monoisotopic (exact) mass is 460 g/mol. The van der Waals surface area contributed by atoms with Crippen LogP contribution in [0.25, 0.3) is 5.57 Å². The van der Waals surface area contributed by atoms with Gasteiger partial charge in [0.15, 0.2) is 0 Å². The summed E-state index contributed by atoms with van der Waals surface area (Å²) in [5, 5.41) is 10.7. The van der Waals surface area contributed by atoms with Gasteiger partial charge < -0.3 is 9.84 Å². The Hall–Kier alpha value is -1.72. The Balaban J connectivity index is 1.75. The lowest BCUT2D eigenvalue weighted by Crippen LogP contribution is -2.32. The lowest BCUT2D eigenvalue weighted by molar-refractivity contribution is -0.145. The number of carbonyl (C=O) groups is 1. The van der Waals surface area contributed by atoms with Gasteiger partial charge in [-0.2, -0.15) is 0 Å². The lowest BCUT2D eigenvalue weighted by atomic mass is 9.92. The number of hydrogen-bond donors (Lipinski definition) is 1. The molecule has 0 aliphatic carbocycles. The maximum Gasteiger partial charge on any atom is 0.342 e. The number of benzene rings is 2. The smallest absolute Gasteiger partial charge is 0.342 e. The van der Waals surface area contributed by atoms with Crippen LogP contribution in [0.1, 0.15) is 35.6 Å². The van der Waals surface area contributed by atoms with E-state index in [0.717, 1.165) is 21.4 Å². The SMILES string of the molecule is Cc1ccc(SCC(C)C2CC(O)=C(c3c(C)cc(C)cc3Br)C(=O)O2)cc1. The van der Waals surface area contributed by atoms with Crippen LogP contribution in [0.5, 0.6) is 0 Å². The van der Waals surface area contributed by atoms with Crippen LogP contribution >= 0.6 is 27.7 Å². The first-order chi connectivity index (χ1) is 13.3. The summed E-state index contributed by atoms with van der Waals surface area (Å²) >= 11 is 5.27. The molecule has 2 aromatic rings. The molecule has 0 saturated heterocycles. The molecule has 28 heavy (non-hydrogen) atoms. The molecule has 0 saturated carbocycles. The van der Waals surface area contributed by atoms with Gasteiger partial charge in [0.05, 0.1) is 0 Å². The number of rotatable bonds is 5. The predicted octanol–water partition coefficient (Wildman–Crippen LogP) is 6.39. The molecule has 1 aliphatic rings. The fourth-order valence-electron chi connectivity index (χ4n) is 3.41. The summed E-state index contributed by atoms with van der Waals surface area (Å²) in [4.78, 5) is 13.9. The van der Waals surface area contributed by atoms with Crippen molar-refractivity contribution < 1.29 is 14.6 Å². The Kier molecular flexibility index (Phi) is 6.56. The summed E-state index contributed by atoms with van der Waals surface area (Å²) in [5.74, 6) is 0.604. The van der Waals surface area contributed by atoms with Gasteiger partial charge >= 0.3 is 5.97 Å². The molecule has 2 atom stereocenters. The van der Waals surface area contributed by atoms with Crippen molar-refractivity contribution in [1.82, 2.24) is 0 Å². The van der Waals surface area contributed by atoms with Crippen molar-refractivity contribution in [1.29, 1.82) is 0 Å². The molecule has 5 heteroatoms. The van der Waals surface area contributed by atoms with E-state index in [1.807, 2.05) is 26.0 Å². The maximum atomic E-state index is 12.8. The van der Waals surface area contributed by atoms with Crippen LogP contribution in [0.2, 0.25) is 0 Å². The number of aliphatic hydroxyl groups excluding tert-OH is 1. The molecule has 0 spiro atoms. The van der Waals surface area contributed by atoms with Gasteiger partial charge in [0.1, 0.15) is 17.4 Å². The highest BCUT2D eigenvalue weighted by Gasteiger charge is 2.34.